The summed E-state index contributed by atoms with van der Waals surface area (Å²) < 4.78 is 0.577. The molecule has 0 amide bonds. The van der Waals surface area contributed by atoms with Crippen LogP contribution in [0, 0.1) is 10.1 Å². The molecule has 0 unspecified atom stereocenters. The van der Waals surface area contributed by atoms with Crippen LogP contribution < -0.4 is 5.73 Å². The number of pyridine rings is 1. The molecule has 0 bridgehead atoms. The van der Waals surface area contributed by atoms with Gasteiger partial charge in [-0.3, -0.25) is 20.8 Å². The number of rotatable bonds is 1. The average Bonchev–Trinajstić information content (AvgIpc) is 2.23. The van der Waals surface area contributed by atoms with E-state index in [1.54, 1.807) is 12.1 Å². The lowest BCUT2D eigenvalue weighted by molar-refractivity contribution is -0.384. The first kappa shape index (κ1) is 9.85. The zero-order chi connectivity index (χ0) is 11.0. The van der Waals surface area contributed by atoms with E-state index in [1.165, 1.54) is 12.3 Å². The van der Waals surface area contributed by atoms with Gasteiger partial charge < -0.3 is 0 Å². The molecule has 15 heavy (non-hydrogen) atoms. The van der Waals surface area contributed by atoms with Gasteiger partial charge in [-0.05, 0) is 22.0 Å². The molecular weight excluding hydrogens is 262 g/mol. The van der Waals surface area contributed by atoms with Crippen molar-refractivity contribution in [1.82, 2.24) is 10.7 Å². The molecule has 0 saturated heterocycles. The van der Waals surface area contributed by atoms with Crippen LogP contribution in [0.4, 0.5) is 11.4 Å². The van der Waals surface area contributed by atoms with Gasteiger partial charge in [-0.25, -0.2) is 0 Å². The molecule has 0 aliphatic rings. The highest BCUT2D eigenvalue weighted by Crippen LogP contribution is 2.35. The normalized spacial score (nSPS) is 10.5. The molecule has 2 aromatic rings. The van der Waals surface area contributed by atoms with Gasteiger partial charge in [-0.15, -0.1) is 0 Å². The number of nitro groups is 1. The lowest BCUT2D eigenvalue weighted by Crippen LogP contribution is -1.92. The maximum Gasteiger partial charge on any atom is 0.297 e. The van der Waals surface area contributed by atoms with Crippen molar-refractivity contribution in [3.8, 4) is 0 Å². The zero-order valence-electron chi connectivity index (χ0n) is 7.40. The Labute approximate surface area is 93.2 Å². The van der Waals surface area contributed by atoms with Crippen LogP contribution in [0.5, 0.6) is 0 Å². The number of fused-ring (bicyclic) bond motifs is 1. The van der Waals surface area contributed by atoms with Gasteiger partial charge in [0.15, 0.2) is 5.69 Å². The van der Waals surface area contributed by atoms with Crippen LogP contribution in [0.2, 0.25) is 0 Å². The maximum atomic E-state index is 10.7. The summed E-state index contributed by atoms with van der Waals surface area (Å²) in [7, 11) is 0. The summed E-state index contributed by atoms with van der Waals surface area (Å²) >= 11 is 3.22. The predicted molar refractivity (Wildman–Crippen MR) is 58.9 cm³/mol. The highest BCUT2D eigenvalue weighted by Gasteiger charge is 2.17. The Kier molecular flexibility index (Phi) is 2.28. The number of nitro benzene ring substituents is 1. The highest BCUT2D eigenvalue weighted by atomic mass is 79.9. The molecule has 1 N–H and O–H groups in total. The van der Waals surface area contributed by atoms with Crippen molar-refractivity contribution in [2.75, 3.05) is 0 Å². The summed E-state index contributed by atoms with van der Waals surface area (Å²) in [5, 5.41) is 11.4. The van der Waals surface area contributed by atoms with Gasteiger partial charge in [0.1, 0.15) is 5.52 Å². The van der Waals surface area contributed by atoms with Crippen LogP contribution in [-0.2, 0) is 0 Å². The van der Waals surface area contributed by atoms with Gasteiger partial charge in [0.25, 0.3) is 5.69 Å². The van der Waals surface area contributed by atoms with Gasteiger partial charge in [0, 0.05) is 22.1 Å². The molecule has 5 nitrogen and oxygen atoms in total. The minimum absolute atomic E-state index is 0.154. The molecule has 0 fully saturated rings. The van der Waals surface area contributed by atoms with Crippen LogP contribution in [0.25, 0.3) is 10.9 Å². The smallest absolute Gasteiger partial charge is 0.292 e. The zero-order valence-corrected chi connectivity index (χ0v) is 8.98. The minimum atomic E-state index is -0.582. The van der Waals surface area contributed by atoms with E-state index in [1.807, 2.05) is 0 Å². The van der Waals surface area contributed by atoms with E-state index < -0.39 is 4.92 Å². The van der Waals surface area contributed by atoms with Crippen LogP contribution >= 0.6 is 15.9 Å². The third kappa shape index (κ3) is 1.52. The summed E-state index contributed by atoms with van der Waals surface area (Å²) in [4.78, 5) is 14.0. The quantitative estimate of drug-likeness (QED) is 0.588. The lowest BCUT2D eigenvalue weighted by atomic mass is 10.1. The SMILES string of the molecule is [NH]c1c([N+](=O)[O-])cc(Br)c2cccnc12. The summed E-state index contributed by atoms with van der Waals surface area (Å²) in [6.07, 6.45) is 1.51. The summed E-state index contributed by atoms with van der Waals surface area (Å²) in [6.45, 7) is 0. The molecular formula is C9H5BrN3O2. The van der Waals surface area contributed by atoms with E-state index in [2.05, 4.69) is 20.9 Å². The first-order valence-corrected chi connectivity index (χ1v) is 4.84. The number of hydrogen-bond donors (Lipinski definition) is 0. The topological polar surface area (TPSA) is 79.8 Å². The second-order valence-corrected chi connectivity index (χ2v) is 3.76. The third-order valence-electron chi connectivity index (χ3n) is 2.02. The Morgan fingerprint density at radius 3 is 2.93 bits per heavy atom. The molecule has 1 aromatic heterocycles. The largest absolute Gasteiger partial charge is 0.297 e. The number of benzene rings is 1. The van der Waals surface area contributed by atoms with Gasteiger partial charge in [0.2, 0.25) is 0 Å². The Bertz CT molecular complexity index is 556. The van der Waals surface area contributed by atoms with E-state index in [-0.39, 0.29) is 11.4 Å². The average molecular weight is 267 g/mol. The molecule has 6 heteroatoms. The van der Waals surface area contributed by atoms with E-state index in [4.69, 9.17) is 5.73 Å². The molecule has 75 valence electrons. The fraction of sp³-hybridized carbons (Fsp3) is 0. The van der Waals surface area contributed by atoms with Crippen molar-refractivity contribution in [2.24, 2.45) is 0 Å². The van der Waals surface area contributed by atoms with E-state index in [0.717, 1.165) is 0 Å². The number of halogens is 1. The van der Waals surface area contributed by atoms with Gasteiger partial charge in [-0.2, -0.15) is 0 Å². The summed E-state index contributed by atoms with van der Waals surface area (Å²) in [5.74, 6) is 0. The monoisotopic (exact) mass is 266 g/mol. The first-order valence-electron chi connectivity index (χ1n) is 4.04. The van der Waals surface area contributed by atoms with Crippen molar-refractivity contribution in [3.05, 3.63) is 39.0 Å². The lowest BCUT2D eigenvalue weighted by Gasteiger charge is -2.02. The Hall–Kier alpha value is -1.69. The molecule has 0 aliphatic carbocycles. The van der Waals surface area contributed by atoms with Crippen molar-refractivity contribution >= 4 is 38.2 Å². The second kappa shape index (κ2) is 3.47. The van der Waals surface area contributed by atoms with Gasteiger partial charge >= 0.3 is 0 Å². The number of nitrogens with zero attached hydrogens (tertiary/aromatic N) is 2. The van der Waals surface area contributed by atoms with Crippen LogP contribution in [0.1, 0.15) is 0 Å². The molecule has 2 rings (SSSR count). The van der Waals surface area contributed by atoms with E-state index in [0.29, 0.717) is 15.4 Å². The van der Waals surface area contributed by atoms with E-state index in [9.17, 15) is 10.1 Å². The van der Waals surface area contributed by atoms with Gasteiger partial charge in [-0.1, -0.05) is 6.07 Å². The van der Waals surface area contributed by atoms with Crippen molar-refractivity contribution in [1.29, 1.82) is 0 Å². The molecule has 1 aromatic carbocycles. The number of nitrogens with one attached hydrogen (secondary N) is 1. The Morgan fingerprint density at radius 1 is 1.53 bits per heavy atom. The van der Waals surface area contributed by atoms with Gasteiger partial charge in [0.05, 0.1) is 4.92 Å². The molecule has 1 heterocycles. The fourth-order valence-corrected chi connectivity index (χ4v) is 1.87. The Morgan fingerprint density at radius 2 is 2.27 bits per heavy atom. The van der Waals surface area contributed by atoms with Crippen molar-refractivity contribution < 1.29 is 4.92 Å². The van der Waals surface area contributed by atoms with Crippen LogP contribution in [0.15, 0.2) is 28.9 Å². The second-order valence-electron chi connectivity index (χ2n) is 2.91. The molecule has 0 saturated carbocycles. The van der Waals surface area contributed by atoms with E-state index >= 15 is 0 Å². The first-order chi connectivity index (χ1) is 7.11. The third-order valence-corrected chi connectivity index (χ3v) is 2.67. The maximum absolute atomic E-state index is 10.7. The molecule has 0 aliphatic heterocycles. The van der Waals surface area contributed by atoms with Crippen molar-refractivity contribution in [3.63, 3.8) is 0 Å². The van der Waals surface area contributed by atoms with Crippen LogP contribution in [-0.4, -0.2) is 9.91 Å². The number of aromatic nitrogens is 1. The highest BCUT2D eigenvalue weighted by molar-refractivity contribution is 9.10. The molecule has 0 spiro atoms. The van der Waals surface area contributed by atoms with Crippen molar-refractivity contribution in [2.45, 2.75) is 0 Å². The number of hydrogen-bond acceptors (Lipinski definition) is 3. The standard InChI is InChI=1S/C9H5BrN3O2/c10-6-4-7(13(14)15)8(11)9-5(6)2-1-3-12-9/h1-4,11H. The molecule has 1 radical (unpaired) electrons. The summed E-state index contributed by atoms with van der Waals surface area (Å²) in [5.41, 5.74) is 7.58. The fourth-order valence-electron chi connectivity index (χ4n) is 1.33. The predicted octanol–water partition coefficient (Wildman–Crippen LogP) is 2.82. The van der Waals surface area contributed by atoms with Crippen LogP contribution in [0.3, 0.4) is 0 Å². The minimum Gasteiger partial charge on any atom is -0.292 e. The summed E-state index contributed by atoms with van der Waals surface area (Å²) in [6, 6.07) is 4.80. The molecule has 0 atom stereocenters. The Balaban J connectivity index is 2.90.